The monoisotopic (exact) mass is 324 g/mol. The largest absolute Gasteiger partial charge is 0.383 e. The smallest absolute Gasteiger partial charge is 0.296 e. The van der Waals surface area contributed by atoms with Crippen molar-refractivity contribution in [1.82, 2.24) is 9.55 Å². The number of ether oxygens (including phenoxy) is 1. The molecule has 1 heterocycles. The highest BCUT2D eigenvalue weighted by Gasteiger charge is 2.15. The molecule has 0 saturated carbocycles. The second-order valence-corrected chi connectivity index (χ2v) is 6.48. The van der Waals surface area contributed by atoms with E-state index < -0.39 is 10.1 Å². The number of imidazole rings is 1. The SMILES string of the molecule is COCCn1ccnc1CCOS(=O)(=O)c1ccc(C)cc1. The number of benzene rings is 1. The molecular weight excluding hydrogens is 304 g/mol. The van der Waals surface area contributed by atoms with Crippen molar-refractivity contribution in [2.75, 3.05) is 20.3 Å². The number of rotatable bonds is 8. The average molecular weight is 324 g/mol. The predicted octanol–water partition coefficient (Wildman–Crippen LogP) is 1.79. The maximum Gasteiger partial charge on any atom is 0.296 e. The van der Waals surface area contributed by atoms with E-state index in [1.54, 1.807) is 37.6 Å². The van der Waals surface area contributed by atoms with Gasteiger partial charge < -0.3 is 9.30 Å². The fourth-order valence-electron chi connectivity index (χ4n) is 1.98. The van der Waals surface area contributed by atoms with Crippen LogP contribution in [-0.4, -0.2) is 38.3 Å². The summed E-state index contributed by atoms with van der Waals surface area (Å²) in [7, 11) is -2.09. The quantitative estimate of drug-likeness (QED) is 0.692. The van der Waals surface area contributed by atoms with E-state index in [-0.39, 0.29) is 11.5 Å². The second-order valence-electron chi connectivity index (χ2n) is 4.87. The van der Waals surface area contributed by atoms with Crippen molar-refractivity contribution in [3.8, 4) is 0 Å². The summed E-state index contributed by atoms with van der Waals surface area (Å²) in [6, 6.07) is 6.58. The number of aryl methyl sites for hydroxylation is 1. The highest BCUT2D eigenvalue weighted by molar-refractivity contribution is 7.86. The van der Waals surface area contributed by atoms with Crippen molar-refractivity contribution in [3.63, 3.8) is 0 Å². The van der Waals surface area contributed by atoms with Crippen molar-refractivity contribution in [2.24, 2.45) is 0 Å². The first kappa shape index (κ1) is 16.7. The Kier molecular flexibility index (Phi) is 5.70. The van der Waals surface area contributed by atoms with E-state index in [0.717, 1.165) is 11.4 Å². The van der Waals surface area contributed by atoms with E-state index in [1.807, 2.05) is 17.7 Å². The average Bonchev–Trinajstić information content (AvgIpc) is 2.93. The Bertz CT molecular complexity index is 693. The van der Waals surface area contributed by atoms with Crippen LogP contribution in [0.5, 0.6) is 0 Å². The minimum atomic E-state index is -3.72. The molecule has 1 aromatic carbocycles. The van der Waals surface area contributed by atoms with Crippen LogP contribution in [0, 0.1) is 6.92 Å². The summed E-state index contributed by atoms with van der Waals surface area (Å²) in [4.78, 5) is 4.37. The maximum absolute atomic E-state index is 12.1. The molecule has 7 heteroatoms. The van der Waals surface area contributed by atoms with Crippen LogP contribution in [0.1, 0.15) is 11.4 Å². The zero-order valence-electron chi connectivity index (χ0n) is 12.7. The zero-order valence-corrected chi connectivity index (χ0v) is 13.5. The van der Waals surface area contributed by atoms with Crippen LogP contribution < -0.4 is 0 Å². The minimum Gasteiger partial charge on any atom is -0.383 e. The second kappa shape index (κ2) is 7.53. The van der Waals surface area contributed by atoms with Crippen LogP contribution in [0.2, 0.25) is 0 Å². The molecule has 0 aliphatic rings. The number of aromatic nitrogens is 2. The van der Waals surface area contributed by atoms with E-state index in [1.165, 1.54) is 0 Å². The van der Waals surface area contributed by atoms with Crippen molar-refractivity contribution in [3.05, 3.63) is 48.0 Å². The van der Waals surface area contributed by atoms with Crippen molar-refractivity contribution < 1.29 is 17.3 Å². The van der Waals surface area contributed by atoms with Gasteiger partial charge in [0.05, 0.1) is 18.1 Å². The van der Waals surface area contributed by atoms with Gasteiger partial charge >= 0.3 is 0 Å². The van der Waals surface area contributed by atoms with Gasteiger partial charge in [-0.05, 0) is 19.1 Å². The number of methoxy groups -OCH3 is 1. The molecule has 2 aromatic rings. The molecule has 0 N–H and O–H groups in total. The van der Waals surface area contributed by atoms with Gasteiger partial charge in [0.1, 0.15) is 5.82 Å². The van der Waals surface area contributed by atoms with Gasteiger partial charge in [0, 0.05) is 32.5 Å². The van der Waals surface area contributed by atoms with E-state index in [9.17, 15) is 8.42 Å². The molecule has 120 valence electrons. The van der Waals surface area contributed by atoms with Gasteiger partial charge in [-0.15, -0.1) is 0 Å². The molecular formula is C15H20N2O4S. The molecule has 0 aliphatic carbocycles. The molecule has 1 aromatic heterocycles. The van der Waals surface area contributed by atoms with Crippen LogP contribution in [0.25, 0.3) is 0 Å². The predicted molar refractivity (Wildman–Crippen MR) is 82.1 cm³/mol. The standard InChI is InChI=1S/C15H20N2O4S/c1-13-3-5-14(6-4-13)22(18,19)21-11-7-15-16-8-9-17(15)10-12-20-2/h3-6,8-9H,7,10-12H2,1-2H3. The maximum atomic E-state index is 12.1. The molecule has 22 heavy (non-hydrogen) atoms. The fraction of sp³-hybridized carbons (Fsp3) is 0.400. The summed E-state index contributed by atoms with van der Waals surface area (Å²) in [5, 5.41) is 0. The van der Waals surface area contributed by atoms with Gasteiger partial charge in [-0.25, -0.2) is 4.98 Å². The Labute approximate surface area is 130 Å². The Morgan fingerprint density at radius 1 is 1.18 bits per heavy atom. The number of hydrogen-bond acceptors (Lipinski definition) is 5. The lowest BCUT2D eigenvalue weighted by molar-refractivity contribution is 0.186. The summed E-state index contributed by atoms with van der Waals surface area (Å²) < 4.78 is 36.1. The molecule has 0 atom stereocenters. The van der Waals surface area contributed by atoms with Gasteiger partial charge in [0.2, 0.25) is 0 Å². The Morgan fingerprint density at radius 2 is 1.91 bits per heavy atom. The van der Waals surface area contributed by atoms with Gasteiger partial charge in [0.25, 0.3) is 10.1 Å². The molecule has 0 amide bonds. The lowest BCUT2D eigenvalue weighted by atomic mass is 10.2. The molecule has 0 bridgehead atoms. The first-order chi connectivity index (χ1) is 10.5. The van der Waals surface area contributed by atoms with Gasteiger partial charge in [-0.1, -0.05) is 17.7 Å². The summed E-state index contributed by atoms with van der Waals surface area (Å²) >= 11 is 0. The van der Waals surface area contributed by atoms with E-state index in [2.05, 4.69) is 4.98 Å². The number of hydrogen-bond donors (Lipinski definition) is 0. The molecule has 0 radical (unpaired) electrons. The molecule has 0 unspecified atom stereocenters. The Balaban J connectivity index is 1.93. The van der Waals surface area contributed by atoms with Crippen molar-refractivity contribution in [2.45, 2.75) is 24.8 Å². The zero-order chi connectivity index (χ0) is 16.0. The van der Waals surface area contributed by atoms with Crippen LogP contribution in [0.15, 0.2) is 41.6 Å². The molecule has 0 fully saturated rings. The molecule has 0 aliphatic heterocycles. The fourth-order valence-corrected chi connectivity index (χ4v) is 2.89. The van der Waals surface area contributed by atoms with Gasteiger partial charge in [0.15, 0.2) is 0 Å². The first-order valence-electron chi connectivity index (χ1n) is 6.98. The van der Waals surface area contributed by atoms with E-state index in [0.29, 0.717) is 19.6 Å². The van der Waals surface area contributed by atoms with Gasteiger partial charge in [-0.2, -0.15) is 8.42 Å². The topological polar surface area (TPSA) is 70.4 Å². The lowest BCUT2D eigenvalue weighted by Crippen LogP contribution is -2.13. The van der Waals surface area contributed by atoms with Crippen LogP contribution in [0.4, 0.5) is 0 Å². The molecule has 0 saturated heterocycles. The Morgan fingerprint density at radius 3 is 2.59 bits per heavy atom. The highest BCUT2D eigenvalue weighted by Crippen LogP contribution is 2.13. The van der Waals surface area contributed by atoms with Crippen LogP contribution in [-0.2, 0) is 32.0 Å². The molecule has 0 spiro atoms. The lowest BCUT2D eigenvalue weighted by Gasteiger charge is -2.08. The third-order valence-corrected chi connectivity index (χ3v) is 4.54. The summed E-state index contributed by atoms with van der Waals surface area (Å²) in [5.74, 6) is 0.774. The molecule has 6 nitrogen and oxygen atoms in total. The van der Waals surface area contributed by atoms with Crippen LogP contribution >= 0.6 is 0 Å². The van der Waals surface area contributed by atoms with E-state index >= 15 is 0 Å². The highest BCUT2D eigenvalue weighted by atomic mass is 32.2. The van der Waals surface area contributed by atoms with Crippen LogP contribution in [0.3, 0.4) is 0 Å². The third-order valence-electron chi connectivity index (χ3n) is 3.21. The summed E-state index contributed by atoms with van der Waals surface area (Å²) in [6.45, 7) is 3.21. The summed E-state index contributed by atoms with van der Waals surface area (Å²) in [5.41, 5.74) is 0.999. The first-order valence-corrected chi connectivity index (χ1v) is 8.39. The Hall–Kier alpha value is -1.70. The number of nitrogens with zero attached hydrogens (tertiary/aromatic N) is 2. The normalized spacial score (nSPS) is 11.7. The third kappa shape index (κ3) is 4.40. The van der Waals surface area contributed by atoms with E-state index in [4.69, 9.17) is 8.92 Å². The van der Waals surface area contributed by atoms with Crippen molar-refractivity contribution >= 4 is 10.1 Å². The van der Waals surface area contributed by atoms with Crippen molar-refractivity contribution in [1.29, 1.82) is 0 Å². The molecule has 2 rings (SSSR count). The minimum absolute atomic E-state index is 0.0558. The van der Waals surface area contributed by atoms with Gasteiger partial charge in [-0.3, -0.25) is 4.18 Å². The summed E-state index contributed by atoms with van der Waals surface area (Å²) in [6.07, 6.45) is 3.93.